The SMILES string of the molecule is CCOC(=O)CS[C@@H](C)C(=O)Nc1ccc(OC)cc1[N+](=O)[O-]. The van der Waals surface area contributed by atoms with E-state index in [4.69, 9.17) is 9.47 Å². The van der Waals surface area contributed by atoms with Crippen LogP contribution in [-0.2, 0) is 14.3 Å². The highest BCUT2D eigenvalue weighted by molar-refractivity contribution is 8.01. The molecule has 1 aromatic rings. The molecule has 0 aromatic heterocycles. The average Bonchev–Trinajstić information content (AvgIpc) is 2.52. The van der Waals surface area contributed by atoms with Gasteiger partial charge in [-0.25, -0.2) is 0 Å². The van der Waals surface area contributed by atoms with Gasteiger partial charge in [-0.2, -0.15) is 0 Å². The number of nitrogens with zero attached hydrogens (tertiary/aromatic N) is 1. The Kier molecular flexibility index (Phi) is 7.33. The minimum atomic E-state index is -0.603. The molecule has 0 fully saturated rings. The van der Waals surface area contributed by atoms with Gasteiger partial charge in [0.05, 0.1) is 35.7 Å². The number of nitrogens with one attached hydrogen (secondary N) is 1. The fourth-order valence-corrected chi connectivity index (χ4v) is 2.28. The van der Waals surface area contributed by atoms with Crippen LogP contribution in [0.5, 0.6) is 5.75 Å². The van der Waals surface area contributed by atoms with Crippen molar-refractivity contribution in [2.45, 2.75) is 19.1 Å². The maximum atomic E-state index is 12.1. The normalized spacial score (nSPS) is 11.4. The Labute approximate surface area is 137 Å². The zero-order valence-electron chi connectivity index (χ0n) is 13.0. The summed E-state index contributed by atoms with van der Waals surface area (Å²) in [5, 5.41) is 13.0. The van der Waals surface area contributed by atoms with Crippen LogP contribution in [0.1, 0.15) is 13.8 Å². The van der Waals surface area contributed by atoms with E-state index in [1.807, 2.05) is 0 Å². The highest BCUT2D eigenvalue weighted by Crippen LogP contribution is 2.29. The van der Waals surface area contributed by atoms with Gasteiger partial charge in [0.15, 0.2) is 0 Å². The van der Waals surface area contributed by atoms with Crippen LogP contribution in [0.2, 0.25) is 0 Å². The molecule has 0 saturated heterocycles. The lowest BCUT2D eigenvalue weighted by Crippen LogP contribution is -2.24. The summed E-state index contributed by atoms with van der Waals surface area (Å²) in [6.45, 7) is 3.58. The molecule has 1 rings (SSSR count). The lowest BCUT2D eigenvalue weighted by Gasteiger charge is -2.12. The lowest BCUT2D eigenvalue weighted by atomic mass is 10.2. The summed E-state index contributed by atoms with van der Waals surface area (Å²) >= 11 is 1.09. The first-order valence-electron chi connectivity index (χ1n) is 6.79. The number of hydrogen-bond acceptors (Lipinski definition) is 7. The molecule has 1 amide bonds. The van der Waals surface area contributed by atoms with Gasteiger partial charge in [-0.05, 0) is 26.0 Å². The standard InChI is InChI=1S/C14H18N2O6S/c1-4-22-13(17)8-23-9(2)14(18)15-11-6-5-10(21-3)7-12(11)16(19)20/h5-7,9H,4,8H2,1-3H3,(H,15,18)/t9-/m0/s1. The van der Waals surface area contributed by atoms with E-state index in [-0.39, 0.29) is 23.7 Å². The first kappa shape index (κ1) is 18.8. The van der Waals surface area contributed by atoms with Gasteiger partial charge in [-0.15, -0.1) is 11.8 Å². The summed E-state index contributed by atoms with van der Waals surface area (Å²) in [5.41, 5.74) is -0.190. The largest absolute Gasteiger partial charge is 0.496 e. The van der Waals surface area contributed by atoms with Crippen LogP contribution in [0.4, 0.5) is 11.4 Å². The van der Waals surface area contributed by atoms with E-state index in [0.717, 1.165) is 11.8 Å². The number of esters is 1. The highest BCUT2D eigenvalue weighted by atomic mass is 32.2. The van der Waals surface area contributed by atoms with E-state index >= 15 is 0 Å². The Morgan fingerprint density at radius 1 is 1.43 bits per heavy atom. The van der Waals surface area contributed by atoms with Gasteiger partial charge < -0.3 is 14.8 Å². The van der Waals surface area contributed by atoms with Crippen molar-refractivity contribution in [2.24, 2.45) is 0 Å². The predicted octanol–water partition coefficient (Wildman–Crippen LogP) is 2.23. The maximum absolute atomic E-state index is 12.1. The Morgan fingerprint density at radius 3 is 2.70 bits per heavy atom. The minimum Gasteiger partial charge on any atom is -0.496 e. The molecule has 1 N–H and O–H groups in total. The summed E-state index contributed by atoms with van der Waals surface area (Å²) in [4.78, 5) is 33.8. The molecule has 0 bridgehead atoms. The number of nitro benzene ring substituents is 1. The molecule has 0 aliphatic carbocycles. The van der Waals surface area contributed by atoms with Crippen LogP contribution in [0, 0.1) is 10.1 Å². The van der Waals surface area contributed by atoms with Crippen molar-refractivity contribution >= 4 is 35.0 Å². The smallest absolute Gasteiger partial charge is 0.315 e. The third-order valence-corrected chi connectivity index (χ3v) is 3.90. The van der Waals surface area contributed by atoms with Gasteiger partial charge >= 0.3 is 5.97 Å². The average molecular weight is 342 g/mol. The molecule has 9 heteroatoms. The van der Waals surface area contributed by atoms with Crippen molar-refractivity contribution in [2.75, 3.05) is 24.8 Å². The van der Waals surface area contributed by atoms with Crippen molar-refractivity contribution in [3.63, 3.8) is 0 Å². The summed E-state index contributed by atoms with van der Waals surface area (Å²) in [5.74, 6) is -0.493. The zero-order chi connectivity index (χ0) is 17.4. The van der Waals surface area contributed by atoms with Gasteiger partial charge in [0.2, 0.25) is 5.91 Å². The lowest BCUT2D eigenvalue weighted by molar-refractivity contribution is -0.384. The quantitative estimate of drug-likeness (QED) is 0.438. The van der Waals surface area contributed by atoms with E-state index in [1.54, 1.807) is 13.8 Å². The van der Waals surface area contributed by atoms with Gasteiger partial charge in [-0.1, -0.05) is 0 Å². The number of carbonyl (C=O) groups excluding carboxylic acids is 2. The molecule has 8 nitrogen and oxygen atoms in total. The van der Waals surface area contributed by atoms with Crippen LogP contribution in [0.25, 0.3) is 0 Å². The van der Waals surface area contributed by atoms with Crippen molar-refractivity contribution in [1.29, 1.82) is 0 Å². The summed E-state index contributed by atoms with van der Waals surface area (Å²) in [6.07, 6.45) is 0. The van der Waals surface area contributed by atoms with Crippen LogP contribution in [0.15, 0.2) is 18.2 Å². The topological polar surface area (TPSA) is 108 Å². The number of ether oxygens (including phenoxy) is 2. The number of benzene rings is 1. The van der Waals surface area contributed by atoms with E-state index in [9.17, 15) is 19.7 Å². The van der Waals surface area contributed by atoms with Crippen molar-refractivity contribution in [1.82, 2.24) is 0 Å². The molecular weight excluding hydrogens is 324 g/mol. The minimum absolute atomic E-state index is 0.0349. The first-order valence-corrected chi connectivity index (χ1v) is 7.84. The summed E-state index contributed by atoms with van der Waals surface area (Å²) in [6, 6.07) is 4.14. The Hall–Kier alpha value is -2.29. The zero-order valence-corrected chi connectivity index (χ0v) is 13.8. The van der Waals surface area contributed by atoms with Gasteiger partial charge in [-0.3, -0.25) is 19.7 Å². The summed E-state index contributed by atoms with van der Waals surface area (Å²) < 4.78 is 9.70. The van der Waals surface area contributed by atoms with Crippen LogP contribution in [0.3, 0.4) is 0 Å². The van der Waals surface area contributed by atoms with E-state index in [2.05, 4.69) is 5.32 Å². The van der Waals surface area contributed by atoms with Crippen molar-refractivity contribution in [3.8, 4) is 5.75 Å². The molecule has 126 valence electrons. The Bertz CT molecular complexity index is 593. The third-order valence-electron chi connectivity index (χ3n) is 2.79. The van der Waals surface area contributed by atoms with Crippen LogP contribution >= 0.6 is 11.8 Å². The summed E-state index contributed by atoms with van der Waals surface area (Å²) in [7, 11) is 1.39. The number of hydrogen-bond donors (Lipinski definition) is 1. The Balaban J connectivity index is 2.73. The molecule has 1 atom stereocenters. The molecule has 0 aliphatic rings. The number of amides is 1. The van der Waals surface area contributed by atoms with Gasteiger partial charge in [0.25, 0.3) is 5.69 Å². The van der Waals surface area contributed by atoms with E-state index < -0.39 is 22.0 Å². The molecule has 0 spiro atoms. The highest BCUT2D eigenvalue weighted by Gasteiger charge is 2.21. The Morgan fingerprint density at radius 2 is 2.13 bits per heavy atom. The second kappa shape index (κ2) is 8.99. The molecule has 0 unspecified atom stereocenters. The maximum Gasteiger partial charge on any atom is 0.315 e. The van der Waals surface area contributed by atoms with Crippen LogP contribution in [-0.4, -0.2) is 41.5 Å². The van der Waals surface area contributed by atoms with Crippen molar-refractivity contribution < 1.29 is 24.0 Å². The number of anilines is 1. The molecule has 0 aliphatic heterocycles. The second-order valence-corrected chi connectivity index (χ2v) is 5.72. The second-order valence-electron chi connectivity index (χ2n) is 4.39. The molecule has 0 saturated carbocycles. The fraction of sp³-hybridized carbons (Fsp3) is 0.429. The number of methoxy groups -OCH3 is 1. The number of thioether (sulfide) groups is 1. The number of rotatable bonds is 8. The van der Waals surface area contributed by atoms with Gasteiger partial charge in [0.1, 0.15) is 11.4 Å². The molecule has 0 heterocycles. The monoisotopic (exact) mass is 342 g/mol. The van der Waals surface area contributed by atoms with Crippen molar-refractivity contribution in [3.05, 3.63) is 28.3 Å². The first-order chi connectivity index (χ1) is 10.9. The van der Waals surface area contributed by atoms with Crippen LogP contribution < -0.4 is 10.1 Å². The van der Waals surface area contributed by atoms with Gasteiger partial charge in [0, 0.05) is 0 Å². The van der Waals surface area contributed by atoms with E-state index in [1.165, 1.54) is 25.3 Å². The molecule has 1 aromatic carbocycles. The fourth-order valence-electron chi connectivity index (χ4n) is 1.60. The molecule has 0 radical (unpaired) electrons. The predicted molar refractivity (Wildman–Crippen MR) is 86.8 cm³/mol. The number of nitro groups is 1. The van der Waals surface area contributed by atoms with E-state index in [0.29, 0.717) is 5.75 Å². The number of carbonyl (C=O) groups is 2. The molecular formula is C14H18N2O6S. The molecule has 23 heavy (non-hydrogen) atoms. The third kappa shape index (κ3) is 5.78.